The number of nitrogens with one attached hydrogen (secondary N) is 1. The van der Waals surface area contributed by atoms with Gasteiger partial charge in [-0.2, -0.15) is 10.4 Å². The molecule has 0 unspecified atom stereocenters. The number of hydrogen-bond donors (Lipinski definition) is 1. The molecule has 2 aromatic heterocycles. The van der Waals surface area contributed by atoms with Crippen molar-refractivity contribution in [3.8, 4) is 17.3 Å². The van der Waals surface area contributed by atoms with Gasteiger partial charge >= 0.3 is 7.41 Å². The van der Waals surface area contributed by atoms with Gasteiger partial charge in [-0.1, -0.05) is 27.7 Å². The predicted octanol–water partition coefficient (Wildman–Crippen LogP) is 4.33. The van der Waals surface area contributed by atoms with Crippen molar-refractivity contribution in [1.82, 2.24) is 24.6 Å². The highest BCUT2D eigenvalue weighted by Gasteiger charge is 2.42. The molecule has 3 aromatic rings. The highest BCUT2D eigenvalue weighted by molar-refractivity contribution is 6.74. The van der Waals surface area contributed by atoms with E-state index in [1.807, 2.05) is 36.3 Å². The Morgan fingerprint density at radius 2 is 2.07 bits per heavy atom. The van der Waals surface area contributed by atoms with Gasteiger partial charge in [0.25, 0.3) is 0 Å². The zero-order valence-corrected chi connectivity index (χ0v) is 26.4. The summed E-state index contributed by atoms with van der Waals surface area (Å²) < 4.78 is 8.12. The van der Waals surface area contributed by atoms with Gasteiger partial charge in [-0.3, -0.25) is 4.68 Å². The van der Waals surface area contributed by atoms with Gasteiger partial charge in [0, 0.05) is 68.4 Å². The van der Waals surface area contributed by atoms with E-state index in [1.165, 1.54) is 7.41 Å². The SMILES string of the molecule is CN(CCO[Si](C)(C)C(C)(C)C)C[C@]1(C)CN([B]C=O)c2c(C#N)cc(-c3ccnc(Nc4ccn(C)n4)n3)cc21. The normalized spacial score (nSPS) is 16.9. The van der Waals surface area contributed by atoms with Crippen molar-refractivity contribution in [1.29, 1.82) is 5.26 Å². The van der Waals surface area contributed by atoms with Gasteiger partial charge in [0.15, 0.2) is 14.1 Å². The van der Waals surface area contributed by atoms with E-state index in [-0.39, 0.29) is 10.5 Å². The third kappa shape index (κ3) is 6.69. The smallest absolute Gasteiger partial charge is 0.329 e. The molecule has 1 radical (unpaired) electrons. The second kappa shape index (κ2) is 11.8. The van der Waals surface area contributed by atoms with Crippen molar-refractivity contribution in [2.45, 2.75) is 51.2 Å². The van der Waals surface area contributed by atoms with Crippen molar-refractivity contribution < 1.29 is 9.22 Å². The summed E-state index contributed by atoms with van der Waals surface area (Å²) in [6.45, 7) is 16.2. The molecular weight excluding hydrogens is 531 g/mol. The number of fused-ring (bicyclic) bond motifs is 1. The molecular formula is C29H40BN8O2Si. The number of nitrogens with zero attached hydrogens (tertiary/aromatic N) is 7. The Morgan fingerprint density at radius 1 is 1.32 bits per heavy atom. The summed E-state index contributed by atoms with van der Waals surface area (Å²) in [7, 11) is 3.62. The fraction of sp³-hybridized carbons (Fsp3) is 0.483. The number of benzene rings is 1. The summed E-state index contributed by atoms with van der Waals surface area (Å²) in [5, 5.41) is 17.8. The van der Waals surface area contributed by atoms with E-state index in [0.717, 1.165) is 36.1 Å². The first-order valence-electron chi connectivity index (χ1n) is 13.8. The Kier molecular flexibility index (Phi) is 8.73. The minimum Gasteiger partial charge on any atom is -0.416 e. The van der Waals surface area contributed by atoms with Crippen molar-refractivity contribution in [3.05, 3.63) is 47.8 Å². The number of aryl methyl sites for hydroxylation is 1. The molecule has 0 saturated carbocycles. The van der Waals surface area contributed by atoms with Crippen LogP contribution in [0.25, 0.3) is 11.3 Å². The van der Waals surface area contributed by atoms with Crippen LogP contribution in [0.15, 0.2) is 36.7 Å². The van der Waals surface area contributed by atoms with Crippen LogP contribution in [-0.2, 0) is 21.7 Å². The number of rotatable bonds is 11. The molecule has 0 bridgehead atoms. The van der Waals surface area contributed by atoms with Crippen LogP contribution in [0.3, 0.4) is 0 Å². The fourth-order valence-electron chi connectivity index (χ4n) is 5.04. The second-order valence-corrected chi connectivity index (χ2v) is 17.4. The van der Waals surface area contributed by atoms with E-state index in [2.05, 4.69) is 80.3 Å². The Bertz CT molecular complexity index is 1450. The lowest BCUT2D eigenvalue weighted by atomic mass is 9.82. The highest BCUT2D eigenvalue weighted by Crippen LogP contribution is 2.45. The molecule has 4 rings (SSSR count). The molecule has 1 N–H and O–H groups in total. The molecule has 41 heavy (non-hydrogen) atoms. The molecule has 1 aliphatic heterocycles. The lowest BCUT2D eigenvalue weighted by Gasteiger charge is -2.37. The first-order valence-corrected chi connectivity index (χ1v) is 16.7. The van der Waals surface area contributed by atoms with E-state index in [4.69, 9.17) is 9.41 Å². The Labute approximate surface area is 245 Å². The molecule has 1 aromatic carbocycles. The van der Waals surface area contributed by atoms with Crippen LogP contribution in [0.1, 0.15) is 38.8 Å². The number of hydrogen-bond acceptors (Lipinski definition) is 9. The fourth-order valence-corrected chi connectivity index (χ4v) is 6.07. The maximum atomic E-state index is 11.6. The van der Waals surface area contributed by atoms with Crippen LogP contribution >= 0.6 is 0 Å². The molecule has 215 valence electrons. The predicted molar refractivity (Wildman–Crippen MR) is 167 cm³/mol. The quantitative estimate of drug-likeness (QED) is 0.265. The van der Waals surface area contributed by atoms with E-state index < -0.39 is 8.32 Å². The lowest BCUT2D eigenvalue weighted by Crippen LogP contribution is -2.45. The number of aromatic nitrogens is 4. The maximum absolute atomic E-state index is 11.6. The second-order valence-electron chi connectivity index (χ2n) is 12.6. The first kappa shape index (κ1) is 30.4. The van der Waals surface area contributed by atoms with Gasteiger partial charge in [-0.15, -0.1) is 0 Å². The van der Waals surface area contributed by atoms with Gasteiger partial charge in [0.05, 0.1) is 11.3 Å². The van der Waals surface area contributed by atoms with Crippen LogP contribution in [0.5, 0.6) is 0 Å². The van der Waals surface area contributed by atoms with Crippen molar-refractivity contribution >= 4 is 39.4 Å². The molecule has 10 nitrogen and oxygen atoms in total. The van der Waals surface area contributed by atoms with Crippen LogP contribution in [0.4, 0.5) is 17.5 Å². The monoisotopic (exact) mass is 571 g/mol. The molecule has 0 spiro atoms. The average molecular weight is 572 g/mol. The van der Waals surface area contributed by atoms with Gasteiger partial charge in [0.2, 0.25) is 5.95 Å². The Morgan fingerprint density at radius 3 is 2.71 bits per heavy atom. The largest absolute Gasteiger partial charge is 0.416 e. The van der Waals surface area contributed by atoms with E-state index in [1.54, 1.807) is 10.9 Å². The Hall–Kier alpha value is -3.53. The van der Waals surface area contributed by atoms with Gasteiger partial charge in [0.1, 0.15) is 12.3 Å². The van der Waals surface area contributed by atoms with Crippen molar-refractivity contribution in [2.75, 3.05) is 43.4 Å². The molecule has 1 atom stereocenters. The van der Waals surface area contributed by atoms with Gasteiger partial charge < -0.3 is 24.2 Å². The number of carbonyl (C=O) groups excluding carboxylic acids is 1. The molecule has 0 amide bonds. The zero-order chi connectivity index (χ0) is 30.0. The molecule has 0 fully saturated rings. The van der Waals surface area contributed by atoms with Crippen molar-refractivity contribution in [3.63, 3.8) is 0 Å². The highest BCUT2D eigenvalue weighted by atomic mass is 28.4. The maximum Gasteiger partial charge on any atom is 0.329 e. The van der Waals surface area contributed by atoms with E-state index in [9.17, 15) is 10.1 Å². The summed E-state index contributed by atoms with van der Waals surface area (Å²) in [5.74, 6) is 1.06. The summed E-state index contributed by atoms with van der Waals surface area (Å²) in [6.07, 6.45) is 4.31. The third-order valence-electron chi connectivity index (χ3n) is 8.19. The van der Waals surface area contributed by atoms with Crippen LogP contribution in [0.2, 0.25) is 18.1 Å². The van der Waals surface area contributed by atoms with E-state index >= 15 is 0 Å². The molecule has 1 aliphatic rings. The first-order chi connectivity index (χ1) is 19.3. The number of likely N-dealkylation sites (N-methyl/N-ethyl adjacent to an activating group) is 1. The minimum atomic E-state index is -1.84. The molecule has 0 aliphatic carbocycles. The average Bonchev–Trinajstić information content (AvgIpc) is 3.42. The topological polar surface area (TPSA) is 112 Å². The van der Waals surface area contributed by atoms with E-state index in [0.29, 0.717) is 36.2 Å². The standard InChI is InChI=1S/C29H40BN8O2Si/c1-28(2,3)41(7,8)40-14-13-36(5)18-29(4)19-38(30-20-39)26-22(17-31)15-21(16-23(26)29)24-9-11-32-27(33-24)34-25-10-12-37(6)35-25/h9-12,15-16,20H,13-14,18-19H2,1-8H3,(H,32,33,34,35)/t29-/m1/s1. The van der Waals surface area contributed by atoms with Crippen LogP contribution in [0, 0.1) is 11.3 Å². The third-order valence-corrected chi connectivity index (χ3v) is 12.7. The van der Waals surface area contributed by atoms with Gasteiger partial charge in [-0.05, 0) is 48.9 Å². The minimum absolute atomic E-state index is 0.158. The molecule has 12 heteroatoms. The number of carbonyl (C=O) groups is 1. The lowest BCUT2D eigenvalue weighted by molar-refractivity contribution is 0.199. The molecule has 0 saturated heterocycles. The molecule has 3 heterocycles. The number of nitriles is 1. The van der Waals surface area contributed by atoms with Crippen LogP contribution in [-0.4, -0.2) is 79.9 Å². The summed E-state index contributed by atoms with van der Waals surface area (Å²) in [4.78, 5) is 24.8. The Balaban J connectivity index is 1.62. The summed E-state index contributed by atoms with van der Waals surface area (Å²) in [6, 6.07) is 9.97. The summed E-state index contributed by atoms with van der Waals surface area (Å²) >= 11 is 0. The van der Waals surface area contributed by atoms with Crippen molar-refractivity contribution in [2.24, 2.45) is 7.05 Å². The summed E-state index contributed by atoms with van der Waals surface area (Å²) in [5.41, 5.74) is 3.45. The van der Waals surface area contributed by atoms with Gasteiger partial charge in [-0.25, -0.2) is 9.97 Å². The zero-order valence-electron chi connectivity index (χ0n) is 25.4. The number of anilines is 3. The van der Waals surface area contributed by atoms with Crippen LogP contribution < -0.4 is 10.1 Å².